The molecule has 0 spiro atoms. The Hall–Kier alpha value is -0.500. The van der Waals surface area contributed by atoms with Crippen molar-refractivity contribution in [3.63, 3.8) is 0 Å². The Morgan fingerprint density at radius 1 is 1.57 bits per heavy atom. The Bertz CT molecular complexity index is 228. The number of alkyl halides is 3. The van der Waals surface area contributed by atoms with E-state index < -0.39 is 29.8 Å². The summed E-state index contributed by atoms with van der Waals surface area (Å²) < 4.78 is 24.7. The van der Waals surface area contributed by atoms with Gasteiger partial charge in [-0.15, -0.1) is 0 Å². The van der Waals surface area contributed by atoms with Crippen LogP contribution in [0.1, 0.15) is 6.42 Å². The van der Waals surface area contributed by atoms with Crippen LogP contribution in [-0.4, -0.2) is 24.5 Å². The molecule has 2 atom stereocenters. The molecule has 1 saturated carbocycles. The van der Waals surface area contributed by atoms with Gasteiger partial charge >= 0.3 is 0 Å². The van der Waals surface area contributed by atoms with Gasteiger partial charge in [-0.05, 0) is 7.05 Å². The quantitative estimate of drug-likeness (QED) is 0.222. The number of hydrazine groups is 2. The Balaban J connectivity index is 2.16. The summed E-state index contributed by atoms with van der Waals surface area (Å²) in [7, 11) is 1.58. The Morgan fingerprint density at radius 2 is 2.14 bits per heavy atom. The molecule has 1 aliphatic rings. The monoisotopic (exact) mass is 228 g/mol. The lowest BCUT2D eigenvalue weighted by atomic mass is 10.4. The molecule has 1 fully saturated rings. The average Bonchev–Trinajstić information content (AvgIpc) is 2.72. The summed E-state index contributed by atoms with van der Waals surface area (Å²) >= 11 is 5.53. The van der Waals surface area contributed by atoms with E-state index in [-0.39, 0.29) is 0 Å². The van der Waals surface area contributed by atoms with Crippen LogP contribution in [0.4, 0.5) is 8.78 Å². The summed E-state index contributed by atoms with van der Waals surface area (Å²) in [6.45, 7) is 0. The fourth-order valence-electron chi connectivity index (χ4n) is 0.882. The van der Waals surface area contributed by atoms with E-state index in [1.165, 1.54) is 0 Å². The third-order valence-electron chi connectivity index (χ3n) is 1.74. The van der Waals surface area contributed by atoms with Gasteiger partial charge in [0.1, 0.15) is 5.92 Å². The third kappa shape index (κ3) is 3.02. The highest BCUT2D eigenvalue weighted by Gasteiger charge is 2.61. The van der Waals surface area contributed by atoms with Crippen LogP contribution in [0.25, 0.3) is 0 Å². The molecule has 0 bridgehead atoms. The van der Waals surface area contributed by atoms with Gasteiger partial charge in [-0.1, -0.05) is 11.6 Å². The van der Waals surface area contributed by atoms with Crippen LogP contribution in [0.15, 0.2) is 0 Å². The molecule has 0 aromatic rings. The van der Waals surface area contributed by atoms with Crippen LogP contribution >= 0.6 is 11.6 Å². The molecule has 2 unspecified atom stereocenters. The minimum atomic E-state index is -2.86. The van der Waals surface area contributed by atoms with E-state index in [4.69, 9.17) is 11.6 Å². The average molecular weight is 229 g/mol. The van der Waals surface area contributed by atoms with Crippen molar-refractivity contribution in [1.82, 2.24) is 21.7 Å². The van der Waals surface area contributed by atoms with E-state index in [9.17, 15) is 13.6 Å². The summed E-state index contributed by atoms with van der Waals surface area (Å²) in [5.74, 6) is -4.84. The Labute approximate surface area is 84.5 Å². The maximum atomic E-state index is 12.4. The maximum Gasteiger partial charge on any atom is 0.260 e. The van der Waals surface area contributed by atoms with Crippen LogP contribution in [0.2, 0.25) is 0 Å². The number of nitrogens with one attached hydrogen (secondary N) is 4. The lowest BCUT2D eigenvalue weighted by Crippen LogP contribution is -2.52. The van der Waals surface area contributed by atoms with Gasteiger partial charge in [0.15, 0.2) is 5.62 Å². The number of rotatable bonds is 5. The fraction of sp³-hybridized carbons (Fsp3) is 0.833. The molecule has 0 aromatic heterocycles. The molecule has 0 aromatic carbocycles. The predicted molar refractivity (Wildman–Crippen MR) is 46.2 cm³/mol. The molecule has 0 radical (unpaired) electrons. The summed E-state index contributed by atoms with van der Waals surface area (Å²) in [4.78, 5) is 11.0. The highest BCUT2D eigenvalue weighted by molar-refractivity contribution is 6.20. The summed E-state index contributed by atoms with van der Waals surface area (Å²) in [6.07, 6.45) is -0.396. The van der Waals surface area contributed by atoms with E-state index >= 15 is 0 Å². The molecule has 1 amide bonds. The van der Waals surface area contributed by atoms with Crippen molar-refractivity contribution >= 4 is 17.5 Å². The molecule has 0 aliphatic heterocycles. The fourth-order valence-corrected chi connectivity index (χ4v) is 1.05. The standard InChI is InChI=1S/C6H11ClF2N4O/c1-10-12-5(7)13-11-4(14)3-2-6(3,8)9/h3,5,10,12-13H,2H2,1H3,(H,11,14). The lowest BCUT2D eigenvalue weighted by molar-refractivity contribution is -0.125. The molecule has 0 heterocycles. The second-order valence-corrected chi connectivity index (χ2v) is 3.34. The zero-order chi connectivity index (χ0) is 10.8. The predicted octanol–water partition coefficient (Wildman–Crippen LogP) is -0.491. The van der Waals surface area contributed by atoms with Crippen molar-refractivity contribution < 1.29 is 13.6 Å². The smallest absolute Gasteiger partial charge is 0.260 e. The molecule has 4 N–H and O–H groups in total. The van der Waals surface area contributed by atoms with E-state index in [1.807, 2.05) is 0 Å². The zero-order valence-corrected chi connectivity index (χ0v) is 8.16. The van der Waals surface area contributed by atoms with E-state index in [2.05, 4.69) is 21.7 Å². The molecule has 1 rings (SSSR count). The van der Waals surface area contributed by atoms with Crippen LogP contribution in [0.3, 0.4) is 0 Å². The number of hydrogen-bond donors (Lipinski definition) is 4. The van der Waals surface area contributed by atoms with Gasteiger partial charge < -0.3 is 0 Å². The largest absolute Gasteiger partial charge is 0.289 e. The first kappa shape index (κ1) is 11.6. The zero-order valence-electron chi connectivity index (χ0n) is 7.40. The molecule has 1 aliphatic carbocycles. The van der Waals surface area contributed by atoms with E-state index in [1.54, 1.807) is 7.05 Å². The number of amides is 1. The SMILES string of the molecule is CNNC(Cl)NNC(=O)C1CC1(F)F. The summed E-state index contributed by atoms with van der Waals surface area (Å²) in [6, 6.07) is 0. The molecule has 8 heteroatoms. The van der Waals surface area contributed by atoms with Gasteiger partial charge in [0, 0.05) is 6.42 Å². The van der Waals surface area contributed by atoms with Crippen LogP contribution in [0, 0.1) is 5.92 Å². The van der Waals surface area contributed by atoms with Crippen molar-refractivity contribution in [2.75, 3.05) is 7.05 Å². The van der Waals surface area contributed by atoms with Gasteiger partial charge in [-0.3, -0.25) is 15.6 Å². The lowest BCUT2D eigenvalue weighted by Gasteiger charge is -2.13. The molecule has 14 heavy (non-hydrogen) atoms. The number of carbonyl (C=O) groups excluding carboxylic acids is 1. The van der Waals surface area contributed by atoms with Gasteiger partial charge in [0.25, 0.3) is 5.92 Å². The minimum Gasteiger partial charge on any atom is -0.289 e. The van der Waals surface area contributed by atoms with Crippen molar-refractivity contribution in [3.8, 4) is 0 Å². The van der Waals surface area contributed by atoms with Crippen molar-refractivity contribution in [2.24, 2.45) is 5.92 Å². The molecular formula is C6H11ClF2N4O. The second-order valence-electron chi connectivity index (χ2n) is 2.91. The van der Waals surface area contributed by atoms with Crippen LogP contribution < -0.4 is 21.7 Å². The third-order valence-corrected chi connectivity index (χ3v) is 1.95. The normalized spacial score (nSPS) is 25.6. The first-order chi connectivity index (χ1) is 6.47. The Morgan fingerprint density at radius 3 is 2.57 bits per heavy atom. The Kier molecular flexibility index (Phi) is 3.59. The van der Waals surface area contributed by atoms with E-state index in [0.29, 0.717) is 0 Å². The molecule has 5 nitrogen and oxygen atoms in total. The number of carbonyl (C=O) groups is 1. The molecule has 82 valence electrons. The number of hydrogen-bond acceptors (Lipinski definition) is 4. The highest BCUT2D eigenvalue weighted by atomic mass is 35.5. The number of halogens is 3. The first-order valence-corrected chi connectivity index (χ1v) is 4.40. The highest BCUT2D eigenvalue weighted by Crippen LogP contribution is 2.48. The first-order valence-electron chi connectivity index (χ1n) is 3.97. The molecule has 0 saturated heterocycles. The van der Waals surface area contributed by atoms with E-state index in [0.717, 1.165) is 0 Å². The minimum absolute atomic E-state index is 0.396. The van der Waals surface area contributed by atoms with Crippen molar-refractivity contribution in [2.45, 2.75) is 18.0 Å². The summed E-state index contributed by atoms with van der Waals surface area (Å²) in [5, 5.41) is 0. The maximum absolute atomic E-state index is 12.4. The van der Waals surface area contributed by atoms with Gasteiger partial charge in [0.05, 0.1) is 0 Å². The van der Waals surface area contributed by atoms with Gasteiger partial charge in [-0.2, -0.15) is 0 Å². The molecular weight excluding hydrogens is 218 g/mol. The van der Waals surface area contributed by atoms with Crippen molar-refractivity contribution in [1.29, 1.82) is 0 Å². The van der Waals surface area contributed by atoms with Crippen LogP contribution in [-0.2, 0) is 4.79 Å². The van der Waals surface area contributed by atoms with Crippen molar-refractivity contribution in [3.05, 3.63) is 0 Å². The van der Waals surface area contributed by atoms with Gasteiger partial charge in [-0.25, -0.2) is 19.6 Å². The summed E-state index contributed by atoms with van der Waals surface area (Å²) in [5.41, 5.74) is 8.61. The van der Waals surface area contributed by atoms with Gasteiger partial charge in [0.2, 0.25) is 5.91 Å². The van der Waals surface area contributed by atoms with Crippen LogP contribution in [0.5, 0.6) is 0 Å². The second kappa shape index (κ2) is 4.35. The topological polar surface area (TPSA) is 65.2 Å².